The predicted octanol–water partition coefficient (Wildman–Crippen LogP) is 0.831. The van der Waals surface area contributed by atoms with Crippen molar-refractivity contribution < 1.29 is 14.3 Å². The van der Waals surface area contributed by atoms with E-state index in [0.29, 0.717) is 43.4 Å². The lowest BCUT2D eigenvalue weighted by Gasteiger charge is -2.12. The molecule has 7 nitrogen and oxygen atoms in total. The molecule has 0 aliphatic heterocycles. The van der Waals surface area contributed by atoms with E-state index in [2.05, 4.69) is 10.3 Å². The highest BCUT2D eigenvalue weighted by atomic mass is 16.5. The van der Waals surface area contributed by atoms with E-state index < -0.39 is 5.97 Å². The number of nitrogens with zero attached hydrogens (tertiary/aromatic N) is 2. The summed E-state index contributed by atoms with van der Waals surface area (Å²) >= 11 is 0. The lowest BCUT2D eigenvalue weighted by atomic mass is 10.2. The predicted molar refractivity (Wildman–Crippen MR) is 82.5 cm³/mol. The van der Waals surface area contributed by atoms with Crippen molar-refractivity contribution in [2.45, 2.75) is 6.92 Å². The number of rotatable bonds is 9. The molecule has 1 rings (SSSR count). The molecule has 0 spiro atoms. The number of carbonyl (C=O) groups is 1. The Morgan fingerprint density at radius 2 is 2.19 bits per heavy atom. The van der Waals surface area contributed by atoms with Crippen LogP contribution in [0, 0.1) is 0 Å². The monoisotopic (exact) mass is 296 g/mol. The van der Waals surface area contributed by atoms with Crippen LogP contribution in [0.5, 0.6) is 0 Å². The Balaban J connectivity index is 2.48. The van der Waals surface area contributed by atoms with Gasteiger partial charge in [0.25, 0.3) is 0 Å². The SMILES string of the molecule is CCOC(=O)c1cc(N)cnc1NCCOCCN(C)C. The van der Waals surface area contributed by atoms with Gasteiger partial charge in [0, 0.05) is 13.1 Å². The third-order valence-corrected chi connectivity index (χ3v) is 2.63. The van der Waals surface area contributed by atoms with Crippen molar-refractivity contribution in [3.05, 3.63) is 17.8 Å². The molecule has 0 aliphatic carbocycles. The highest BCUT2D eigenvalue weighted by Crippen LogP contribution is 2.16. The molecule has 0 aliphatic rings. The minimum atomic E-state index is -0.437. The lowest BCUT2D eigenvalue weighted by molar-refractivity contribution is 0.0527. The number of likely N-dealkylation sites (N-methyl/N-ethyl adjacent to an activating group) is 1. The van der Waals surface area contributed by atoms with Crippen LogP contribution in [0.4, 0.5) is 11.5 Å². The largest absolute Gasteiger partial charge is 0.462 e. The molecule has 0 amide bonds. The molecule has 7 heteroatoms. The van der Waals surface area contributed by atoms with Gasteiger partial charge in [0.15, 0.2) is 0 Å². The van der Waals surface area contributed by atoms with E-state index in [4.69, 9.17) is 15.2 Å². The molecule has 1 heterocycles. The summed E-state index contributed by atoms with van der Waals surface area (Å²) in [7, 11) is 3.98. The van der Waals surface area contributed by atoms with Crippen molar-refractivity contribution in [2.75, 3.05) is 58.1 Å². The van der Waals surface area contributed by atoms with Crippen LogP contribution in [0.3, 0.4) is 0 Å². The molecule has 0 saturated carbocycles. The average Bonchev–Trinajstić information content (AvgIpc) is 2.43. The second-order valence-corrected chi connectivity index (χ2v) is 4.73. The van der Waals surface area contributed by atoms with Crippen molar-refractivity contribution in [3.8, 4) is 0 Å². The number of esters is 1. The molecular weight excluding hydrogens is 272 g/mol. The van der Waals surface area contributed by atoms with Gasteiger partial charge in [-0.15, -0.1) is 0 Å². The van der Waals surface area contributed by atoms with Gasteiger partial charge in [-0.2, -0.15) is 0 Å². The first kappa shape index (κ1) is 17.2. The van der Waals surface area contributed by atoms with Crippen molar-refractivity contribution in [1.82, 2.24) is 9.88 Å². The Morgan fingerprint density at radius 1 is 1.43 bits per heavy atom. The van der Waals surface area contributed by atoms with Crippen LogP contribution >= 0.6 is 0 Å². The average molecular weight is 296 g/mol. The van der Waals surface area contributed by atoms with E-state index in [-0.39, 0.29) is 0 Å². The van der Waals surface area contributed by atoms with Gasteiger partial charge in [-0.05, 0) is 27.1 Å². The number of nitrogens with two attached hydrogens (primary N) is 1. The van der Waals surface area contributed by atoms with Crippen LogP contribution in [-0.4, -0.2) is 62.9 Å². The van der Waals surface area contributed by atoms with E-state index in [1.807, 2.05) is 19.0 Å². The van der Waals surface area contributed by atoms with Crippen LogP contribution in [0.1, 0.15) is 17.3 Å². The quantitative estimate of drug-likeness (QED) is 0.515. The third-order valence-electron chi connectivity index (χ3n) is 2.63. The molecule has 0 aromatic carbocycles. The summed E-state index contributed by atoms with van der Waals surface area (Å²) < 4.78 is 10.4. The highest BCUT2D eigenvalue weighted by Gasteiger charge is 2.14. The fraction of sp³-hybridized carbons (Fsp3) is 0.571. The van der Waals surface area contributed by atoms with Gasteiger partial charge in [-0.3, -0.25) is 0 Å². The molecular formula is C14H24N4O3. The van der Waals surface area contributed by atoms with Crippen molar-refractivity contribution in [3.63, 3.8) is 0 Å². The Morgan fingerprint density at radius 3 is 2.86 bits per heavy atom. The van der Waals surface area contributed by atoms with Crippen LogP contribution in [0.15, 0.2) is 12.3 Å². The minimum Gasteiger partial charge on any atom is -0.462 e. The fourth-order valence-electron chi connectivity index (χ4n) is 1.58. The molecule has 0 radical (unpaired) electrons. The molecule has 3 N–H and O–H groups in total. The molecule has 0 atom stereocenters. The molecule has 0 saturated heterocycles. The standard InChI is InChI=1S/C14H24N4O3/c1-4-21-14(19)12-9-11(15)10-17-13(12)16-5-7-20-8-6-18(2)3/h9-10H,4-8,15H2,1-3H3,(H,16,17). The van der Waals surface area contributed by atoms with Gasteiger partial charge in [0.1, 0.15) is 11.4 Å². The van der Waals surface area contributed by atoms with Crippen LogP contribution in [-0.2, 0) is 9.47 Å². The Labute approximate surface area is 125 Å². The molecule has 1 aromatic heterocycles. The first-order valence-corrected chi connectivity index (χ1v) is 6.93. The van der Waals surface area contributed by atoms with E-state index >= 15 is 0 Å². The molecule has 21 heavy (non-hydrogen) atoms. The smallest absolute Gasteiger partial charge is 0.341 e. The van der Waals surface area contributed by atoms with Crippen molar-refractivity contribution in [2.24, 2.45) is 0 Å². The highest BCUT2D eigenvalue weighted by molar-refractivity contribution is 5.95. The molecule has 118 valence electrons. The molecule has 0 fully saturated rings. The van der Waals surface area contributed by atoms with E-state index in [9.17, 15) is 4.79 Å². The maximum atomic E-state index is 11.8. The van der Waals surface area contributed by atoms with Gasteiger partial charge in [-0.25, -0.2) is 9.78 Å². The zero-order valence-corrected chi connectivity index (χ0v) is 12.9. The Kier molecular flexibility index (Phi) is 7.49. The van der Waals surface area contributed by atoms with E-state index in [1.165, 1.54) is 6.20 Å². The number of nitrogens with one attached hydrogen (secondary N) is 1. The van der Waals surface area contributed by atoms with E-state index in [1.54, 1.807) is 13.0 Å². The van der Waals surface area contributed by atoms with Gasteiger partial charge < -0.3 is 25.4 Å². The number of pyridine rings is 1. The third kappa shape index (κ3) is 6.42. The summed E-state index contributed by atoms with van der Waals surface area (Å²) in [6.45, 7) is 4.67. The summed E-state index contributed by atoms with van der Waals surface area (Å²) in [5.41, 5.74) is 6.42. The molecule has 1 aromatic rings. The molecule has 0 unspecified atom stereocenters. The normalized spacial score (nSPS) is 10.7. The number of hydrogen-bond acceptors (Lipinski definition) is 7. The number of anilines is 2. The van der Waals surface area contributed by atoms with Gasteiger partial charge in [0.2, 0.25) is 0 Å². The second kappa shape index (κ2) is 9.15. The van der Waals surface area contributed by atoms with Crippen LogP contribution < -0.4 is 11.1 Å². The summed E-state index contributed by atoms with van der Waals surface area (Å²) in [6.07, 6.45) is 1.50. The Bertz CT molecular complexity index is 452. The summed E-state index contributed by atoms with van der Waals surface area (Å²) in [4.78, 5) is 18.0. The minimum absolute atomic E-state index is 0.306. The second-order valence-electron chi connectivity index (χ2n) is 4.73. The number of nitrogen functional groups attached to an aromatic ring is 1. The van der Waals surface area contributed by atoms with Gasteiger partial charge in [0.05, 0.1) is 31.7 Å². The van der Waals surface area contributed by atoms with Crippen LogP contribution in [0.2, 0.25) is 0 Å². The summed E-state index contributed by atoms with van der Waals surface area (Å²) in [5.74, 6) is 0.0205. The fourth-order valence-corrected chi connectivity index (χ4v) is 1.58. The topological polar surface area (TPSA) is 89.7 Å². The van der Waals surface area contributed by atoms with E-state index in [0.717, 1.165) is 6.54 Å². The van der Waals surface area contributed by atoms with Crippen molar-refractivity contribution >= 4 is 17.5 Å². The number of carbonyl (C=O) groups excluding carboxylic acids is 1. The number of ether oxygens (including phenoxy) is 2. The number of hydrogen-bond donors (Lipinski definition) is 2. The zero-order chi connectivity index (χ0) is 15.7. The maximum absolute atomic E-state index is 11.8. The summed E-state index contributed by atoms with van der Waals surface area (Å²) in [6, 6.07) is 1.56. The maximum Gasteiger partial charge on any atom is 0.341 e. The summed E-state index contributed by atoms with van der Waals surface area (Å²) in [5, 5.41) is 3.06. The first-order chi connectivity index (χ1) is 10.0. The van der Waals surface area contributed by atoms with Crippen molar-refractivity contribution in [1.29, 1.82) is 0 Å². The van der Waals surface area contributed by atoms with Gasteiger partial charge >= 0.3 is 5.97 Å². The Hall–Kier alpha value is -1.86. The lowest BCUT2D eigenvalue weighted by Crippen LogP contribution is -2.20. The van der Waals surface area contributed by atoms with Gasteiger partial charge in [-0.1, -0.05) is 0 Å². The zero-order valence-electron chi connectivity index (χ0n) is 12.9. The first-order valence-electron chi connectivity index (χ1n) is 6.93. The number of aromatic nitrogens is 1. The molecule has 0 bridgehead atoms. The van der Waals surface area contributed by atoms with Crippen LogP contribution in [0.25, 0.3) is 0 Å².